The van der Waals surface area contributed by atoms with Gasteiger partial charge in [0.15, 0.2) is 12.4 Å². The molecule has 1 fully saturated rings. The zero-order valence-electron chi connectivity index (χ0n) is 22.3. The lowest BCUT2D eigenvalue weighted by Crippen LogP contribution is -2.58. The van der Waals surface area contributed by atoms with Crippen LogP contribution >= 0.6 is 0 Å². The number of piperidine rings is 1. The van der Waals surface area contributed by atoms with Gasteiger partial charge in [-0.3, -0.25) is 14.4 Å². The first-order valence-electron chi connectivity index (χ1n) is 13.0. The number of amides is 3. The van der Waals surface area contributed by atoms with Gasteiger partial charge in [0.2, 0.25) is 0 Å². The summed E-state index contributed by atoms with van der Waals surface area (Å²) in [6, 6.07) is 12.9. The summed E-state index contributed by atoms with van der Waals surface area (Å²) in [4.78, 5) is 40.6. The largest absolute Gasteiger partial charge is 0.496 e. The van der Waals surface area contributed by atoms with Crippen LogP contribution in [0.3, 0.4) is 0 Å². The molecule has 11 heteroatoms. The molecule has 0 saturated carbocycles. The van der Waals surface area contributed by atoms with E-state index in [9.17, 15) is 19.5 Å². The van der Waals surface area contributed by atoms with E-state index >= 15 is 0 Å². The van der Waals surface area contributed by atoms with Gasteiger partial charge in [0, 0.05) is 43.2 Å². The van der Waals surface area contributed by atoms with Crippen LogP contribution in [0.5, 0.6) is 17.2 Å². The van der Waals surface area contributed by atoms with E-state index in [-0.39, 0.29) is 49.8 Å². The van der Waals surface area contributed by atoms with E-state index in [1.807, 2.05) is 13.0 Å². The average Bonchev–Trinajstić information content (AvgIpc) is 3.45. The highest BCUT2D eigenvalue weighted by atomic mass is 16.5. The maximum atomic E-state index is 13.4. The normalized spacial score (nSPS) is 19.4. The van der Waals surface area contributed by atoms with E-state index in [4.69, 9.17) is 18.6 Å². The molecule has 4 bridgehead atoms. The molecule has 1 aromatic heterocycles. The van der Waals surface area contributed by atoms with E-state index < -0.39 is 12.1 Å². The van der Waals surface area contributed by atoms with Crippen LogP contribution in [0.1, 0.15) is 44.2 Å². The van der Waals surface area contributed by atoms with Crippen LogP contribution in [0.25, 0.3) is 0 Å². The van der Waals surface area contributed by atoms with Crippen molar-refractivity contribution in [1.29, 1.82) is 0 Å². The van der Waals surface area contributed by atoms with Crippen molar-refractivity contribution in [3.63, 3.8) is 0 Å². The zero-order valence-corrected chi connectivity index (χ0v) is 22.3. The molecular formula is C29H31N3O8. The van der Waals surface area contributed by atoms with Gasteiger partial charge in [-0.05, 0) is 48.9 Å². The molecule has 3 aliphatic rings. The van der Waals surface area contributed by atoms with E-state index in [1.165, 1.54) is 13.2 Å². The maximum absolute atomic E-state index is 13.4. The van der Waals surface area contributed by atoms with Crippen LogP contribution < -0.4 is 24.8 Å². The molecule has 3 aromatic rings. The highest BCUT2D eigenvalue weighted by Crippen LogP contribution is 2.28. The smallest absolute Gasteiger partial charge is 0.289 e. The van der Waals surface area contributed by atoms with Crippen LogP contribution in [0.15, 0.2) is 52.9 Å². The summed E-state index contributed by atoms with van der Waals surface area (Å²) in [7, 11) is 1.54. The molecular weight excluding hydrogens is 518 g/mol. The number of rotatable bonds is 3. The lowest BCUT2D eigenvalue weighted by Gasteiger charge is -2.38. The predicted octanol–water partition coefficient (Wildman–Crippen LogP) is 2.19. The molecule has 40 heavy (non-hydrogen) atoms. The monoisotopic (exact) mass is 549 g/mol. The van der Waals surface area contributed by atoms with E-state index in [0.29, 0.717) is 41.5 Å². The van der Waals surface area contributed by atoms with Crippen molar-refractivity contribution in [2.24, 2.45) is 0 Å². The fourth-order valence-electron chi connectivity index (χ4n) is 4.78. The first-order chi connectivity index (χ1) is 19.3. The Kier molecular flexibility index (Phi) is 7.92. The van der Waals surface area contributed by atoms with Crippen molar-refractivity contribution < 1.29 is 38.1 Å². The Morgan fingerprint density at radius 2 is 2.00 bits per heavy atom. The van der Waals surface area contributed by atoms with Gasteiger partial charge in [0.05, 0.1) is 13.2 Å². The third kappa shape index (κ3) is 5.89. The average molecular weight is 550 g/mol. The summed E-state index contributed by atoms with van der Waals surface area (Å²) in [5.41, 5.74) is 1.88. The fourth-order valence-corrected chi connectivity index (χ4v) is 4.78. The number of furan rings is 1. The second-order valence-corrected chi connectivity index (χ2v) is 9.72. The van der Waals surface area contributed by atoms with Crippen LogP contribution in [-0.4, -0.2) is 66.7 Å². The van der Waals surface area contributed by atoms with E-state index in [1.54, 1.807) is 41.3 Å². The minimum Gasteiger partial charge on any atom is -0.496 e. The van der Waals surface area contributed by atoms with Crippen LogP contribution in [0.4, 0.5) is 0 Å². The van der Waals surface area contributed by atoms with Gasteiger partial charge in [0.1, 0.15) is 35.7 Å². The minimum absolute atomic E-state index is 0.114. The zero-order chi connectivity index (χ0) is 28.2. The van der Waals surface area contributed by atoms with E-state index in [0.717, 1.165) is 11.1 Å². The van der Waals surface area contributed by atoms with Gasteiger partial charge < -0.3 is 39.3 Å². The Labute approximate surface area is 231 Å². The second kappa shape index (κ2) is 11.7. The number of methoxy groups -OCH3 is 1. The number of likely N-dealkylation sites (tertiary alicyclic amines) is 1. The molecule has 210 valence electrons. The number of fused-ring (bicyclic) bond motifs is 7. The van der Waals surface area contributed by atoms with Crippen molar-refractivity contribution in [3.8, 4) is 17.2 Å². The molecule has 6 rings (SSSR count). The van der Waals surface area contributed by atoms with Crippen LogP contribution in [0.2, 0.25) is 0 Å². The fraction of sp³-hybridized carbons (Fsp3) is 0.345. The number of carbonyl (C=O) groups excluding carboxylic acids is 3. The van der Waals surface area contributed by atoms with Crippen LogP contribution in [-0.2, 0) is 17.9 Å². The lowest BCUT2D eigenvalue weighted by atomic mass is 10.0. The van der Waals surface area contributed by atoms with Crippen molar-refractivity contribution in [2.75, 3.05) is 26.8 Å². The number of carbonyl (C=O) groups is 3. The number of ether oxygens (including phenoxy) is 3. The standard InChI is InChI=1S/C29H31N3O8/c1-17-3-4-18-11-25(17)38-16-27(34)30-13-19-5-6-20(12-26(19)37-2)39-23-9-10-32(14-22(23)31-28(18)35)29(36)24-8-7-21(15-33)40-24/h3-8,11-12,22-23,33H,9-10,13-16H2,1-2H3,(H,30,34)(H,31,35)/t22-,23+/m0/s1. The number of benzene rings is 2. The molecule has 1 saturated heterocycles. The molecule has 4 heterocycles. The molecule has 2 atom stereocenters. The molecule has 11 nitrogen and oxygen atoms in total. The molecule has 3 amide bonds. The molecule has 3 N–H and O–H groups in total. The number of aliphatic hydroxyl groups is 1. The van der Waals surface area contributed by atoms with Gasteiger partial charge in [-0.2, -0.15) is 0 Å². The number of hydrogen-bond donors (Lipinski definition) is 3. The van der Waals surface area contributed by atoms with Crippen molar-refractivity contribution in [2.45, 2.75) is 38.6 Å². The van der Waals surface area contributed by atoms with Gasteiger partial charge in [0.25, 0.3) is 17.7 Å². The predicted molar refractivity (Wildman–Crippen MR) is 142 cm³/mol. The molecule has 0 unspecified atom stereocenters. The van der Waals surface area contributed by atoms with Crippen LogP contribution in [0, 0.1) is 6.92 Å². The Hall–Kier alpha value is -4.51. The molecule has 0 spiro atoms. The quantitative estimate of drug-likeness (QED) is 0.452. The number of hydrogen-bond acceptors (Lipinski definition) is 8. The highest BCUT2D eigenvalue weighted by Gasteiger charge is 2.35. The summed E-state index contributed by atoms with van der Waals surface area (Å²) >= 11 is 0. The topological polar surface area (TPSA) is 140 Å². The number of aliphatic hydroxyl groups excluding tert-OH is 1. The maximum Gasteiger partial charge on any atom is 0.289 e. The lowest BCUT2D eigenvalue weighted by molar-refractivity contribution is -0.123. The third-order valence-corrected chi connectivity index (χ3v) is 7.01. The van der Waals surface area contributed by atoms with Gasteiger partial charge >= 0.3 is 0 Å². The van der Waals surface area contributed by atoms with Gasteiger partial charge in [-0.25, -0.2) is 0 Å². The minimum atomic E-state index is -0.562. The first-order valence-corrected chi connectivity index (χ1v) is 13.0. The van der Waals surface area contributed by atoms with Gasteiger partial charge in [-0.1, -0.05) is 6.07 Å². The summed E-state index contributed by atoms with van der Waals surface area (Å²) in [5, 5.41) is 15.2. The summed E-state index contributed by atoms with van der Waals surface area (Å²) in [6.07, 6.45) is -0.0168. The molecule has 2 aromatic carbocycles. The second-order valence-electron chi connectivity index (χ2n) is 9.72. The summed E-state index contributed by atoms with van der Waals surface area (Å²) in [5.74, 6) is 0.852. The first kappa shape index (κ1) is 27.1. The number of aryl methyl sites for hydroxylation is 1. The number of nitrogens with one attached hydrogen (secondary N) is 2. The highest BCUT2D eigenvalue weighted by molar-refractivity contribution is 5.95. The summed E-state index contributed by atoms with van der Waals surface area (Å²) in [6.45, 7) is 2.08. The SMILES string of the molecule is COc1cc2ccc1CNC(=O)COc1cc(ccc1C)C(=O)N[C@H]1CN(C(=O)c3ccc(CO)o3)CC[C@H]1O2. The Bertz CT molecular complexity index is 1420. The Morgan fingerprint density at radius 1 is 1.15 bits per heavy atom. The number of nitrogens with zero attached hydrogens (tertiary/aromatic N) is 1. The molecule has 3 aliphatic heterocycles. The van der Waals surface area contributed by atoms with Crippen molar-refractivity contribution in [3.05, 3.63) is 76.7 Å². The Morgan fingerprint density at radius 3 is 2.77 bits per heavy atom. The molecule has 0 aliphatic carbocycles. The third-order valence-electron chi connectivity index (χ3n) is 7.01. The van der Waals surface area contributed by atoms with E-state index in [2.05, 4.69) is 10.6 Å². The molecule has 0 radical (unpaired) electrons. The van der Waals surface area contributed by atoms with Crippen molar-refractivity contribution >= 4 is 17.7 Å². The van der Waals surface area contributed by atoms with Crippen molar-refractivity contribution in [1.82, 2.24) is 15.5 Å². The van der Waals surface area contributed by atoms with Gasteiger partial charge in [-0.15, -0.1) is 0 Å². The summed E-state index contributed by atoms with van der Waals surface area (Å²) < 4.78 is 23.1. The Balaban J connectivity index is 1.46.